The highest BCUT2D eigenvalue weighted by Crippen LogP contribution is 2.68. The lowest BCUT2D eigenvalue weighted by Crippen LogP contribution is -2.61. The molecule has 258 valence electrons. The van der Waals surface area contributed by atoms with Gasteiger partial charge in [0.15, 0.2) is 6.29 Å². The summed E-state index contributed by atoms with van der Waals surface area (Å²) in [5.41, 5.74) is -0.351. The minimum atomic E-state index is -1.60. The number of rotatable bonds is 7. The van der Waals surface area contributed by atoms with Crippen LogP contribution in [0.2, 0.25) is 0 Å². The molecule has 45 heavy (non-hydrogen) atoms. The molecule has 5 aliphatic rings. The zero-order chi connectivity index (χ0) is 33.4. The lowest BCUT2D eigenvalue weighted by Gasteiger charge is -2.61. The van der Waals surface area contributed by atoms with E-state index < -0.39 is 67.1 Å². The van der Waals surface area contributed by atoms with E-state index >= 15 is 0 Å². The summed E-state index contributed by atoms with van der Waals surface area (Å²) in [4.78, 5) is 13.6. The molecule has 1 heterocycles. The number of carbonyl (C=O) groups is 1. The Kier molecular flexibility index (Phi) is 9.82. The molecule has 5 rings (SSSR count). The van der Waals surface area contributed by atoms with E-state index in [4.69, 9.17) is 9.47 Å². The van der Waals surface area contributed by atoms with Gasteiger partial charge >= 0.3 is 0 Å². The molecule has 0 bridgehead atoms. The van der Waals surface area contributed by atoms with Crippen LogP contribution in [-0.2, 0) is 14.3 Å². The molecule has 0 aromatic carbocycles. The van der Waals surface area contributed by atoms with Crippen LogP contribution in [0.4, 0.5) is 0 Å². The molecule has 0 spiro atoms. The van der Waals surface area contributed by atoms with Gasteiger partial charge in [0, 0.05) is 12.3 Å². The average Bonchev–Trinajstić information content (AvgIpc) is 3.33. The van der Waals surface area contributed by atoms with Gasteiger partial charge in [-0.15, -0.1) is 0 Å². The third-order valence-corrected chi connectivity index (χ3v) is 13.5. The fraction of sp³-hybridized carbons (Fsp3) is 0.914. The molecule has 0 unspecified atom stereocenters. The molecule has 4 saturated carbocycles. The summed E-state index contributed by atoms with van der Waals surface area (Å²) in [5, 5.41) is 74.2. The van der Waals surface area contributed by atoms with E-state index in [0.29, 0.717) is 30.8 Å². The molecule has 7 N–H and O–H groups in total. The predicted octanol–water partition coefficient (Wildman–Crippen LogP) is 1.94. The summed E-state index contributed by atoms with van der Waals surface area (Å²) >= 11 is 0. The van der Waals surface area contributed by atoms with Crippen LogP contribution in [0, 0.1) is 51.8 Å². The van der Waals surface area contributed by atoms with E-state index in [1.807, 2.05) is 27.7 Å². The number of hydrogen-bond donors (Lipinski definition) is 7. The third-order valence-electron chi connectivity index (χ3n) is 13.5. The minimum Gasteiger partial charge on any atom is -0.394 e. The Bertz CT molecular complexity index is 1100. The molecule has 0 aromatic rings. The Hall–Kier alpha value is -0.950. The van der Waals surface area contributed by atoms with E-state index in [0.717, 1.165) is 25.7 Å². The van der Waals surface area contributed by atoms with E-state index in [2.05, 4.69) is 20.4 Å². The summed E-state index contributed by atoms with van der Waals surface area (Å²) in [5.74, 6) is 0.633. The number of Topliss-reactive ketones (excluding diaryl/α,β-unsaturated/α-hetero) is 1. The van der Waals surface area contributed by atoms with Crippen molar-refractivity contribution in [3.63, 3.8) is 0 Å². The zero-order valence-electron chi connectivity index (χ0n) is 27.9. The molecule has 1 aliphatic heterocycles. The van der Waals surface area contributed by atoms with Crippen LogP contribution in [0.5, 0.6) is 0 Å². The Morgan fingerprint density at radius 3 is 2.27 bits per heavy atom. The first-order valence-corrected chi connectivity index (χ1v) is 17.1. The predicted molar refractivity (Wildman–Crippen MR) is 165 cm³/mol. The second-order valence-corrected chi connectivity index (χ2v) is 16.8. The molecule has 0 aromatic heterocycles. The first-order chi connectivity index (χ1) is 20.9. The normalized spacial score (nSPS) is 49.0. The second-order valence-electron chi connectivity index (χ2n) is 16.8. The van der Waals surface area contributed by atoms with Crippen molar-refractivity contribution < 1.29 is 50.0 Å². The van der Waals surface area contributed by atoms with Crippen LogP contribution in [0.1, 0.15) is 86.5 Å². The Morgan fingerprint density at radius 2 is 1.64 bits per heavy atom. The quantitative estimate of drug-likeness (QED) is 0.204. The van der Waals surface area contributed by atoms with E-state index in [9.17, 15) is 40.5 Å². The van der Waals surface area contributed by atoms with Crippen LogP contribution in [0.3, 0.4) is 0 Å². The first kappa shape index (κ1) is 35.4. The van der Waals surface area contributed by atoms with Gasteiger partial charge in [-0.1, -0.05) is 48.1 Å². The summed E-state index contributed by atoms with van der Waals surface area (Å²) in [6, 6.07) is 0. The van der Waals surface area contributed by atoms with E-state index in [1.54, 1.807) is 0 Å². The number of hydrogen-bond acceptors (Lipinski definition) is 10. The van der Waals surface area contributed by atoms with Crippen molar-refractivity contribution >= 4 is 5.78 Å². The number of fused-ring (bicyclic) bond motifs is 5. The lowest BCUT2D eigenvalue weighted by molar-refractivity contribution is -0.316. The molecule has 10 nitrogen and oxygen atoms in total. The topological polar surface area (TPSA) is 177 Å². The Balaban J connectivity index is 1.38. The van der Waals surface area contributed by atoms with Gasteiger partial charge < -0.3 is 45.2 Å². The highest BCUT2D eigenvalue weighted by atomic mass is 16.7. The first-order valence-electron chi connectivity index (χ1n) is 17.1. The summed E-state index contributed by atoms with van der Waals surface area (Å²) in [7, 11) is 0. The third kappa shape index (κ3) is 5.88. The molecule has 0 radical (unpaired) electrons. The van der Waals surface area contributed by atoms with Gasteiger partial charge in [0.25, 0.3) is 0 Å². The van der Waals surface area contributed by atoms with Crippen LogP contribution in [0.15, 0.2) is 12.2 Å². The number of aliphatic hydroxyl groups is 7. The van der Waals surface area contributed by atoms with Gasteiger partial charge in [0.1, 0.15) is 36.3 Å². The minimum absolute atomic E-state index is 0.117. The molecule has 1 saturated heterocycles. The monoisotopic (exact) mass is 638 g/mol. The number of ketones is 1. The van der Waals surface area contributed by atoms with Gasteiger partial charge in [-0.2, -0.15) is 0 Å². The molecule has 17 atom stereocenters. The number of ether oxygens (including phenoxy) is 2. The van der Waals surface area contributed by atoms with Crippen molar-refractivity contribution in [2.24, 2.45) is 51.8 Å². The lowest BCUT2D eigenvalue weighted by atomic mass is 9.44. The fourth-order valence-corrected chi connectivity index (χ4v) is 10.6. The van der Waals surface area contributed by atoms with Crippen LogP contribution >= 0.6 is 0 Å². The number of carbonyl (C=O) groups excluding carboxylic acids is 1. The average molecular weight is 639 g/mol. The highest BCUT2D eigenvalue weighted by molar-refractivity contribution is 5.83. The molecular weight excluding hydrogens is 580 g/mol. The standard InChI is InChI=1S/C35H58O10/c1-16(27(40)31(17(2)33(3,4)5)45-32-30(43)29(42)28(41)26(15-36)44-32)19-8-9-20-18-12-23(37)22-13-24(38)25(39)14-35(22,7)21(18)10-11-34(19,20)6/h16,18-22,24-32,36,38-43H,2,8-15H2,1,3-7H3/t16-,18-,19+,20+,21+,22+,24-,25+,26+,27+,28+,29-,30-,31+,32-,34+,35+/m0/s1. The van der Waals surface area contributed by atoms with Gasteiger partial charge in [0.05, 0.1) is 24.9 Å². The van der Waals surface area contributed by atoms with Crippen LogP contribution < -0.4 is 0 Å². The molecule has 5 fully saturated rings. The molecule has 10 heteroatoms. The number of aliphatic hydroxyl groups excluding tert-OH is 7. The Labute approximate surface area is 267 Å². The molecule has 4 aliphatic carbocycles. The SMILES string of the molecule is C=C([C@@H](O[C@@H]1O[C@H](CO)[C@@H](O)[C@H](O)[C@@H]1O)[C@H](O)[C@@H](C)[C@H]1CC[C@@H]2[C@@H]3CC(=O)[C@H]4C[C@H](O)[C@H](O)C[C@]4(C)[C@@H]3CC[C@]12C)C(C)(C)C. The van der Waals surface area contributed by atoms with Gasteiger partial charge in [-0.3, -0.25) is 4.79 Å². The zero-order valence-corrected chi connectivity index (χ0v) is 27.9. The maximum atomic E-state index is 13.6. The van der Waals surface area contributed by atoms with E-state index in [-0.39, 0.29) is 46.2 Å². The van der Waals surface area contributed by atoms with Crippen molar-refractivity contribution in [2.45, 2.75) is 142 Å². The summed E-state index contributed by atoms with van der Waals surface area (Å²) in [6.45, 7) is 16.1. The second kappa shape index (κ2) is 12.5. The smallest absolute Gasteiger partial charge is 0.187 e. The fourth-order valence-electron chi connectivity index (χ4n) is 10.6. The van der Waals surface area contributed by atoms with Crippen molar-refractivity contribution in [1.82, 2.24) is 0 Å². The maximum absolute atomic E-state index is 13.6. The van der Waals surface area contributed by atoms with Gasteiger partial charge in [0.2, 0.25) is 0 Å². The van der Waals surface area contributed by atoms with Crippen molar-refractivity contribution in [3.05, 3.63) is 12.2 Å². The maximum Gasteiger partial charge on any atom is 0.187 e. The largest absolute Gasteiger partial charge is 0.394 e. The van der Waals surface area contributed by atoms with E-state index in [1.165, 1.54) is 0 Å². The Morgan fingerprint density at radius 1 is 1.00 bits per heavy atom. The molecule has 0 amide bonds. The summed E-state index contributed by atoms with van der Waals surface area (Å²) in [6.07, 6.45) is -5.95. The van der Waals surface area contributed by atoms with Gasteiger partial charge in [-0.05, 0) is 89.9 Å². The van der Waals surface area contributed by atoms with Crippen molar-refractivity contribution in [1.29, 1.82) is 0 Å². The van der Waals surface area contributed by atoms with Crippen LogP contribution in [-0.4, -0.2) is 103 Å². The van der Waals surface area contributed by atoms with Gasteiger partial charge in [-0.25, -0.2) is 0 Å². The van der Waals surface area contributed by atoms with Crippen molar-refractivity contribution in [3.8, 4) is 0 Å². The highest BCUT2D eigenvalue weighted by Gasteiger charge is 2.64. The van der Waals surface area contributed by atoms with Crippen LogP contribution in [0.25, 0.3) is 0 Å². The molecular formula is C35H58O10. The summed E-state index contributed by atoms with van der Waals surface area (Å²) < 4.78 is 11.9. The van der Waals surface area contributed by atoms with Crippen molar-refractivity contribution in [2.75, 3.05) is 6.61 Å².